The molecule has 0 saturated carbocycles. The monoisotopic (exact) mass is 450 g/mol. The van der Waals surface area contributed by atoms with E-state index in [1.54, 1.807) is 4.90 Å². The van der Waals surface area contributed by atoms with Gasteiger partial charge in [-0.25, -0.2) is 0 Å². The number of hydrogen-bond donors (Lipinski definition) is 1. The second-order valence-corrected chi connectivity index (χ2v) is 7.64. The van der Waals surface area contributed by atoms with Crippen LogP contribution in [0.5, 0.6) is 5.75 Å². The van der Waals surface area contributed by atoms with Gasteiger partial charge in [0, 0.05) is 40.7 Å². The third-order valence-corrected chi connectivity index (χ3v) is 5.58. The molecule has 0 bridgehead atoms. The first-order valence-corrected chi connectivity index (χ1v) is 11.2. The van der Waals surface area contributed by atoms with E-state index < -0.39 is 0 Å². The van der Waals surface area contributed by atoms with Crippen LogP contribution in [0.3, 0.4) is 0 Å². The molecule has 170 valence electrons. The van der Waals surface area contributed by atoms with Crippen LogP contribution in [-0.2, 0) is 0 Å². The zero-order valence-electron chi connectivity index (χ0n) is 19.3. The van der Waals surface area contributed by atoms with Gasteiger partial charge in [0.1, 0.15) is 18.1 Å². The number of aromatic nitrogens is 2. The Kier molecular flexibility index (Phi) is 7.04. The summed E-state index contributed by atoms with van der Waals surface area (Å²) >= 11 is 0. The van der Waals surface area contributed by atoms with Crippen molar-refractivity contribution in [3.05, 3.63) is 78.4 Å². The van der Waals surface area contributed by atoms with E-state index in [1.807, 2.05) is 86.6 Å². The van der Waals surface area contributed by atoms with Crippen molar-refractivity contribution in [3.63, 3.8) is 0 Å². The molecule has 0 fully saturated rings. The maximum absolute atomic E-state index is 12.6. The Labute approximate surface area is 199 Å². The van der Waals surface area contributed by atoms with Gasteiger partial charge in [0.25, 0.3) is 5.91 Å². The highest BCUT2D eigenvalue weighted by Gasteiger charge is 2.14. The lowest BCUT2D eigenvalue weighted by atomic mass is 10.0. The number of benzene rings is 3. The quantitative estimate of drug-likeness (QED) is 0.357. The van der Waals surface area contributed by atoms with Gasteiger partial charge < -0.3 is 15.0 Å². The summed E-state index contributed by atoms with van der Waals surface area (Å²) in [6.45, 7) is 5.55. The Hall–Kier alpha value is -4.37. The van der Waals surface area contributed by atoms with E-state index in [2.05, 4.69) is 21.4 Å². The highest BCUT2D eigenvalue weighted by molar-refractivity contribution is 6.01. The second kappa shape index (κ2) is 10.5. The van der Waals surface area contributed by atoms with Crippen LogP contribution in [0, 0.1) is 12.3 Å². The molecule has 0 aliphatic rings. The minimum Gasteiger partial charge on any atom is -0.481 e. The van der Waals surface area contributed by atoms with Gasteiger partial charge in [-0.1, -0.05) is 30.2 Å². The largest absolute Gasteiger partial charge is 0.481 e. The van der Waals surface area contributed by atoms with Crippen molar-refractivity contribution in [2.75, 3.05) is 25.0 Å². The molecule has 6 heteroatoms. The average molecular weight is 451 g/mol. The van der Waals surface area contributed by atoms with Crippen LogP contribution in [0.2, 0.25) is 0 Å². The number of nitrogens with zero attached hydrogens (tertiary/aromatic N) is 3. The van der Waals surface area contributed by atoms with Crippen LogP contribution in [0.15, 0.2) is 72.8 Å². The Morgan fingerprint density at radius 3 is 2.26 bits per heavy atom. The summed E-state index contributed by atoms with van der Waals surface area (Å²) in [4.78, 5) is 14.4. The molecule has 0 spiro atoms. The molecule has 0 unspecified atom stereocenters. The molecule has 34 heavy (non-hydrogen) atoms. The molecule has 3 aromatic carbocycles. The molecule has 1 heterocycles. The van der Waals surface area contributed by atoms with Crippen LogP contribution < -0.4 is 10.1 Å². The predicted octanol–water partition coefficient (Wildman–Crippen LogP) is 5.53. The zero-order chi connectivity index (χ0) is 23.9. The Morgan fingerprint density at radius 2 is 1.62 bits per heavy atom. The molecular weight excluding hydrogens is 424 g/mol. The van der Waals surface area contributed by atoms with Gasteiger partial charge in [0.15, 0.2) is 5.82 Å². The molecule has 1 amide bonds. The highest BCUT2D eigenvalue weighted by Crippen LogP contribution is 2.31. The minimum absolute atomic E-state index is 0.0295. The number of nitrogens with one attached hydrogen (secondary N) is 1. The van der Waals surface area contributed by atoms with E-state index in [-0.39, 0.29) is 12.5 Å². The molecule has 0 aliphatic carbocycles. The van der Waals surface area contributed by atoms with E-state index >= 15 is 0 Å². The molecule has 1 N–H and O–H groups in total. The predicted molar refractivity (Wildman–Crippen MR) is 136 cm³/mol. The maximum Gasteiger partial charge on any atom is 0.253 e. The number of amides is 1. The molecule has 0 atom stereocenters. The van der Waals surface area contributed by atoms with E-state index in [9.17, 15) is 4.79 Å². The first-order valence-electron chi connectivity index (χ1n) is 11.2. The van der Waals surface area contributed by atoms with Crippen molar-refractivity contribution in [2.45, 2.75) is 13.8 Å². The van der Waals surface area contributed by atoms with Gasteiger partial charge in [0.05, 0.1) is 0 Å². The van der Waals surface area contributed by atoms with E-state index in [0.29, 0.717) is 30.2 Å². The normalized spacial score (nSPS) is 10.5. The van der Waals surface area contributed by atoms with Crippen LogP contribution in [0.1, 0.15) is 24.2 Å². The summed E-state index contributed by atoms with van der Waals surface area (Å²) in [6, 6.07) is 23.1. The molecule has 4 rings (SSSR count). The van der Waals surface area contributed by atoms with Crippen molar-refractivity contribution >= 4 is 28.2 Å². The van der Waals surface area contributed by atoms with Crippen molar-refractivity contribution in [3.8, 4) is 29.4 Å². The van der Waals surface area contributed by atoms with Gasteiger partial charge in [-0.2, -0.15) is 0 Å². The molecule has 0 saturated heterocycles. The van der Waals surface area contributed by atoms with Gasteiger partial charge in [-0.3, -0.25) is 4.79 Å². The fourth-order valence-corrected chi connectivity index (χ4v) is 3.77. The van der Waals surface area contributed by atoms with Crippen molar-refractivity contribution in [1.82, 2.24) is 15.1 Å². The summed E-state index contributed by atoms with van der Waals surface area (Å²) in [5, 5.41) is 14.2. The van der Waals surface area contributed by atoms with Gasteiger partial charge in [0.2, 0.25) is 0 Å². The zero-order valence-corrected chi connectivity index (χ0v) is 19.3. The number of ether oxygens (including phenoxy) is 1. The lowest BCUT2D eigenvalue weighted by Gasteiger charge is -2.18. The molecule has 0 radical (unpaired) electrons. The van der Waals surface area contributed by atoms with Crippen LogP contribution in [0.4, 0.5) is 11.5 Å². The molecule has 0 aliphatic heterocycles. The highest BCUT2D eigenvalue weighted by atomic mass is 16.5. The third-order valence-electron chi connectivity index (χ3n) is 5.58. The summed E-state index contributed by atoms with van der Waals surface area (Å²) in [7, 11) is 0. The van der Waals surface area contributed by atoms with Gasteiger partial charge in [-0.15, -0.1) is 16.6 Å². The number of carbonyl (C=O) groups excluding carboxylic acids is 1. The Balaban J connectivity index is 1.60. The van der Waals surface area contributed by atoms with Crippen LogP contribution in [-0.4, -0.2) is 40.7 Å². The van der Waals surface area contributed by atoms with Gasteiger partial charge >= 0.3 is 0 Å². The smallest absolute Gasteiger partial charge is 0.253 e. The number of anilines is 2. The summed E-state index contributed by atoms with van der Waals surface area (Å²) in [5.41, 5.74) is 3.21. The Morgan fingerprint density at radius 1 is 0.941 bits per heavy atom. The lowest BCUT2D eigenvalue weighted by Crippen LogP contribution is -2.30. The number of carbonyl (C=O) groups is 1. The van der Waals surface area contributed by atoms with E-state index in [0.717, 1.165) is 27.7 Å². The number of fused-ring (bicyclic) bond motifs is 1. The van der Waals surface area contributed by atoms with Crippen molar-refractivity contribution in [1.29, 1.82) is 0 Å². The van der Waals surface area contributed by atoms with Crippen molar-refractivity contribution < 1.29 is 9.53 Å². The molecule has 1 aromatic heterocycles. The number of rotatable bonds is 8. The first-order chi connectivity index (χ1) is 16.6. The SMILES string of the molecule is C#CCOc1ccc(-c2nnc(Nc3ccc(C(=O)N(CC)CC)cc3)c3ccccc23)cc1. The van der Waals surface area contributed by atoms with Crippen LogP contribution in [0.25, 0.3) is 22.0 Å². The average Bonchev–Trinajstić information content (AvgIpc) is 2.89. The van der Waals surface area contributed by atoms with E-state index in [1.165, 1.54) is 0 Å². The van der Waals surface area contributed by atoms with Crippen LogP contribution >= 0.6 is 0 Å². The second-order valence-electron chi connectivity index (χ2n) is 7.64. The molecule has 4 aromatic rings. The van der Waals surface area contributed by atoms with Crippen molar-refractivity contribution in [2.24, 2.45) is 0 Å². The topological polar surface area (TPSA) is 67.4 Å². The molecule has 6 nitrogen and oxygen atoms in total. The summed E-state index contributed by atoms with van der Waals surface area (Å²) in [6.07, 6.45) is 5.26. The standard InChI is InChI=1S/C28H26N4O2/c1-4-19-34-23-17-13-20(14-18-23)26-24-9-7-8-10-25(24)27(31-30-26)29-22-15-11-21(12-16-22)28(33)32(5-2)6-3/h1,7-18H,5-6,19H2,2-3H3,(H,29,31). The third kappa shape index (κ3) is 4.84. The number of terminal acetylenes is 1. The molecular formula is C28H26N4O2. The summed E-state index contributed by atoms with van der Waals surface area (Å²) in [5.74, 6) is 3.85. The Bertz CT molecular complexity index is 1320. The number of hydrogen-bond acceptors (Lipinski definition) is 5. The maximum atomic E-state index is 12.6. The minimum atomic E-state index is 0.0295. The fourth-order valence-electron chi connectivity index (χ4n) is 3.77. The lowest BCUT2D eigenvalue weighted by molar-refractivity contribution is 0.0773. The van der Waals surface area contributed by atoms with E-state index in [4.69, 9.17) is 11.2 Å². The summed E-state index contributed by atoms with van der Waals surface area (Å²) < 4.78 is 5.46. The first kappa shape index (κ1) is 22.8. The fraction of sp³-hybridized carbons (Fsp3) is 0.179. The van der Waals surface area contributed by atoms with Gasteiger partial charge in [-0.05, 0) is 62.4 Å².